The zero-order chi connectivity index (χ0) is 12.8. The number of carbonyl (C=O) groups is 1. The number of rotatable bonds is 3. The third-order valence-electron chi connectivity index (χ3n) is 3.01. The summed E-state index contributed by atoms with van der Waals surface area (Å²) in [6.45, 7) is 5.86. The highest BCUT2D eigenvalue weighted by Crippen LogP contribution is 2.07. The van der Waals surface area contributed by atoms with Crippen LogP contribution < -0.4 is 0 Å². The van der Waals surface area contributed by atoms with Gasteiger partial charge in [-0.2, -0.15) is 0 Å². The highest BCUT2D eigenvalue weighted by molar-refractivity contribution is 5.74. The van der Waals surface area contributed by atoms with Crippen LogP contribution in [0.2, 0.25) is 0 Å². The van der Waals surface area contributed by atoms with Gasteiger partial charge >= 0.3 is 6.03 Å². The largest absolute Gasteiger partial charge is 0.378 e. The molecule has 0 radical (unpaired) electrons. The fraction of sp³-hybridized carbons (Fsp3) is 0.538. The van der Waals surface area contributed by atoms with Crippen LogP contribution in [0.3, 0.4) is 0 Å². The van der Waals surface area contributed by atoms with Crippen LogP contribution in [0.5, 0.6) is 0 Å². The molecule has 1 saturated heterocycles. The van der Waals surface area contributed by atoms with Gasteiger partial charge in [-0.05, 0) is 19.1 Å². The Morgan fingerprint density at radius 3 is 2.83 bits per heavy atom. The maximum atomic E-state index is 12.3. The molecule has 1 aliphatic rings. The van der Waals surface area contributed by atoms with Crippen molar-refractivity contribution >= 4 is 6.03 Å². The first-order valence-electron chi connectivity index (χ1n) is 6.32. The Morgan fingerprint density at radius 2 is 2.22 bits per heavy atom. The summed E-state index contributed by atoms with van der Waals surface area (Å²) >= 11 is 0. The number of nitrogens with zero attached hydrogens (tertiary/aromatic N) is 3. The van der Waals surface area contributed by atoms with E-state index in [4.69, 9.17) is 4.74 Å². The van der Waals surface area contributed by atoms with Gasteiger partial charge in [-0.1, -0.05) is 6.07 Å². The number of urea groups is 1. The van der Waals surface area contributed by atoms with Crippen molar-refractivity contribution in [3.63, 3.8) is 0 Å². The monoisotopic (exact) mass is 249 g/mol. The summed E-state index contributed by atoms with van der Waals surface area (Å²) in [5.41, 5.74) is 0.918. The van der Waals surface area contributed by atoms with Crippen LogP contribution >= 0.6 is 0 Å². The number of aromatic nitrogens is 1. The second kappa shape index (κ2) is 6.35. The average Bonchev–Trinajstić information content (AvgIpc) is 2.46. The Labute approximate surface area is 107 Å². The van der Waals surface area contributed by atoms with Gasteiger partial charge < -0.3 is 14.5 Å². The minimum atomic E-state index is 0.0754. The molecule has 1 aromatic heterocycles. The lowest BCUT2D eigenvalue weighted by molar-refractivity contribution is 0.0430. The summed E-state index contributed by atoms with van der Waals surface area (Å²) in [7, 11) is 0. The number of hydrogen-bond donors (Lipinski definition) is 0. The van der Waals surface area contributed by atoms with E-state index in [1.807, 2.05) is 34.9 Å². The van der Waals surface area contributed by atoms with Crippen LogP contribution in [0.1, 0.15) is 12.6 Å². The number of ether oxygens (including phenoxy) is 1. The van der Waals surface area contributed by atoms with E-state index in [0.717, 1.165) is 5.69 Å². The van der Waals surface area contributed by atoms with Crippen LogP contribution in [-0.2, 0) is 11.3 Å². The van der Waals surface area contributed by atoms with E-state index in [1.165, 1.54) is 0 Å². The predicted octanol–water partition coefficient (Wildman–Crippen LogP) is 1.36. The molecule has 1 fully saturated rings. The first-order chi connectivity index (χ1) is 8.81. The lowest BCUT2D eigenvalue weighted by Gasteiger charge is -2.32. The first-order valence-corrected chi connectivity index (χ1v) is 6.32. The maximum Gasteiger partial charge on any atom is 0.320 e. The van der Waals surface area contributed by atoms with E-state index in [0.29, 0.717) is 39.4 Å². The molecule has 0 N–H and O–H groups in total. The van der Waals surface area contributed by atoms with Crippen LogP contribution in [0.4, 0.5) is 4.79 Å². The maximum absolute atomic E-state index is 12.3. The van der Waals surface area contributed by atoms with Gasteiger partial charge in [-0.3, -0.25) is 4.98 Å². The van der Waals surface area contributed by atoms with Gasteiger partial charge in [0.25, 0.3) is 0 Å². The van der Waals surface area contributed by atoms with Gasteiger partial charge in [0, 0.05) is 25.8 Å². The van der Waals surface area contributed by atoms with E-state index >= 15 is 0 Å². The molecule has 0 spiro atoms. The normalized spacial score (nSPS) is 15.5. The SMILES string of the molecule is CCN(Cc1ccccn1)C(=O)N1CCOCC1. The first kappa shape index (κ1) is 12.8. The Kier molecular flexibility index (Phi) is 4.52. The highest BCUT2D eigenvalue weighted by Gasteiger charge is 2.21. The molecule has 2 heterocycles. The molecule has 0 aromatic carbocycles. The summed E-state index contributed by atoms with van der Waals surface area (Å²) in [5, 5.41) is 0. The number of pyridine rings is 1. The second-order valence-corrected chi connectivity index (χ2v) is 4.22. The quantitative estimate of drug-likeness (QED) is 0.812. The smallest absolute Gasteiger partial charge is 0.320 e. The average molecular weight is 249 g/mol. The molecule has 1 aromatic rings. The highest BCUT2D eigenvalue weighted by atomic mass is 16.5. The van der Waals surface area contributed by atoms with Gasteiger partial charge in [0.05, 0.1) is 25.5 Å². The molecule has 0 saturated carbocycles. The number of hydrogen-bond acceptors (Lipinski definition) is 3. The van der Waals surface area contributed by atoms with Gasteiger partial charge in [-0.25, -0.2) is 4.79 Å². The van der Waals surface area contributed by atoms with E-state index in [-0.39, 0.29) is 6.03 Å². The van der Waals surface area contributed by atoms with Crippen molar-refractivity contribution in [1.29, 1.82) is 0 Å². The third-order valence-corrected chi connectivity index (χ3v) is 3.01. The topological polar surface area (TPSA) is 45.7 Å². The zero-order valence-electron chi connectivity index (χ0n) is 10.7. The molecule has 0 aliphatic carbocycles. The Balaban J connectivity index is 1.97. The lowest BCUT2D eigenvalue weighted by Crippen LogP contribution is -2.47. The zero-order valence-corrected chi connectivity index (χ0v) is 10.7. The van der Waals surface area contributed by atoms with E-state index in [1.54, 1.807) is 6.20 Å². The van der Waals surface area contributed by atoms with E-state index < -0.39 is 0 Å². The summed E-state index contributed by atoms with van der Waals surface area (Å²) < 4.78 is 5.26. The molecule has 0 bridgehead atoms. The number of amides is 2. The van der Waals surface area contributed by atoms with Crippen molar-refractivity contribution in [3.8, 4) is 0 Å². The molecular formula is C13H19N3O2. The van der Waals surface area contributed by atoms with Crippen molar-refractivity contribution in [1.82, 2.24) is 14.8 Å². The fourth-order valence-corrected chi connectivity index (χ4v) is 1.96. The molecule has 0 unspecified atom stereocenters. The van der Waals surface area contributed by atoms with E-state index in [9.17, 15) is 4.79 Å². The van der Waals surface area contributed by atoms with Crippen LogP contribution in [0, 0.1) is 0 Å². The van der Waals surface area contributed by atoms with Crippen molar-refractivity contribution in [3.05, 3.63) is 30.1 Å². The number of morpholine rings is 1. The lowest BCUT2D eigenvalue weighted by atomic mass is 10.3. The summed E-state index contributed by atoms with van der Waals surface area (Å²) in [4.78, 5) is 20.2. The van der Waals surface area contributed by atoms with Crippen molar-refractivity contribution in [2.75, 3.05) is 32.8 Å². The fourth-order valence-electron chi connectivity index (χ4n) is 1.96. The molecule has 18 heavy (non-hydrogen) atoms. The van der Waals surface area contributed by atoms with Crippen molar-refractivity contribution in [2.24, 2.45) is 0 Å². The van der Waals surface area contributed by atoms with Gasteiger partial charge in [0.2, 0.25) is 0 Å². The Bertz CT molecular complexity index is 377. The standard InChI is InChI=1S/C13H19N3O2/c1-2-15(11-12-5-3-4-6-14-12)13(17)16-7-9-18-10-8-16/h3-6H,2,7-11H2,1H3. The molecule has 98 valence electrons. The Hall–Kier alpha value is -1.62. The number of carbonyl (C=O) groups excluding carboxylic acids is 1. The van der Waals surface area contributed by atoms with Crippen LogP contribution in [0.25, 0.3) is 0 Å². The van der Waals surface area contributed by atoms with Gasteiger partial charge in [0.15, 0.2) is 0 Å². The molecule has 5 nitrogen and oxygen atoms in total. The van der Waals surface area contributed by atoms with Crippen LogP contribution in [-0.4, -0.2) is 53.7 Å². The van der Waals surface area contributed by atoms with Crippen molar-refractivity contribution < 1.29 is 9.53 Å². The third kappa shape index (κ3) is 3.20. The van der Waals surface area contributed by atoms with E-state index in [2.05, 4.69) is 4.98 Å². The summed E-state index contributed by atoms with van der Waals surface area (Å²) in [6, 6.07) is 5.83. The molecule has 2 rings (SSSR count). The molecular weight excluding hydrogens is 230 g/mol. The molecule has 5 heteroatoms. The molecule has 1 aliphatic heterocycles. The summed E-state index contributed by atoms with van der Waals surface area (Å²) in [5.74, 6) is 0. The minimum absolute atomic E-state index is 0.0754. The van der Waals surface area contributed by atoms with Gasteiger partial charge in [-0.15, -0.1) is 0 Å². The molecule has 0 atom stereocenters. The minimum Gasteiger partial charge on any atom is -0.378 e. The predicted molar refractivity (Wildman–Crippen MR) is 68.1 cm³/mol. The second-order valence-electron chi connectivity index (χ2n) is 4.22. The van der Waals surface area contributed by atoms with Crippen LogP contribution in [0.15, 0.2) is 24.4 Å². The summed E-state index contributed by atoms with van der Waals surface area (Å²) in [6.07, 6.45) is 1.75. The van der Waals surface area contributed by atoms with Gasteiger partial charge in [0.1, 0.15) is 0 Å². The van der Waals surface area contributed by atoms with Crippen molar-refractivity contribution in [2.45, 2.75) is 13.5 Å². The molecule has 2 amide bonds. The Morgan fingerprint density at radius 1 is 1.44 bits per heavy atom.